The number of carbonyl (C=O) groups is 1. The van der Waals surface area contributed by atoms with E-state index in [1.54, 1.807) is 0 Å². The van der Waals surface area contributed by atoms with Crippen LogP contribution in [0.25, 0.3) is 0 Å². The number of hydrogen-bond donors (Lipinski definition) is 5. The normalized spacial score (nSPS) is 7.20. The molecular weight excluding hydrogens is 151 g/mol. The van der Waals surface area contributed by atoms with E-state index in [0.717, 1.165) is 0 Å². The van der Waals surface area contributed by atoms with Gasteiger partial charge in [-0.1, -0.05) is 0 Å². The number of rotatable bonds is 1. The molecule has 9 heteroatoms. The Morgan fingerprint density at radius 2 is 1.50 bits per heavy atom. The van der Waals surface area contributed by atoms with E-state index in [9.17, 15) is 0 Å². The first-order valence-electron chi connectivity index (χ1n) is 1.75. The first kappa shape index (κ1) is 11.9. The van der Waals surface area contributed by atoms with Gasteiger partial charge in [-0.2, -0.15) is 5.26 Å². The lowest BCUT2D eigenvalue weighted by molar-refractivity contribution is -0.194. The van der Waals surface area contributed by atoms with Crippen molar-refractivity contribution in [2.24, 2.45) is 0 Å². The number of carboxylic acid groups (broad SMARTS) is 1. The van der Waals surface area contributed by atoms with Gasteiger partial charge in [0, 0.05) is 0 Å². The molecule has 8 nitrogen and oxygen atoms in total. The highest BCUT2D eigenvalue weighted by Gasteiger charge is 2.03. The third-order valence-electron chi connectivity index (χ3n) is 0.172. The minimum atomic E-state index is -2.06. The quantitative estimate of drug-likeness (QED) is 0.177. The van der Waals surface area contributed by atoms with Gasteiger partial charge in [-0.15, -0.1) is 0 Å². The van der Waals surface area contributed by atoms with Crippen molar-refractivity contribution in [3.8, 4) is 0 Å². The van der Waals surface area contributed by atoms with Crippen LogP contribution in [0.4, 0.5) is 4.79 Å². The first-order chi connectivity index (χ1) is 4.54. The molecule has 0 saturated carbocycles. The van der Waals surface area contributed by atoms with Crippen LogP contribution in [0.15, 0.2) is 0 Å². The molecule has 0 heterocycles. The molecule has 0 spiro atoms. The second kappa shape index (κ2) is 8.13. The SMILES string of the molecule is O=C(O)OO.OOB(O)O. The summed E-state index contributed by atoms with van der Waals surface area (Å²) >= 11 is 0. The zero-order valence-corrected chi connectivity index (χ0v) is 4.54. The third-order valence-corrected chi connectivity index (χ3v) is 0.172. The Morgan fingerprint density at radius 1 is 1.30 bits per heavy atom. The van der Waals surface area contributed by atoms with Crippen molar-refractivity contribution in [1.29, 1.82) is 0 Å². The molecule has 0 aromatic heterocycles. The lowest BCUT2D eigenvalue weighted by Gasteiger charge is -1.82. The fraction of sp³-hybridized carbons (Fsp3) is 0. The summed E-state index contributed by atoms with van der Waals surface area (Å²) < 4.78 is 0. The van der Waals surface area contributed by atoms with E-state index in [4.69, 9.17) is 30.5 Å². The molecule has 0 unspecified atom stereocenters. The Kier molecular flexibility index (Phi) is 9.66. The summed E-state index contributed by atoms with van der Waals surface area (Å²) in [5, 5.41) is 36.3. The maximum atomic E-state index is 8.90. The summed E-state index contributed by atoms with van der Waals surface area (Å²) in [6.45, 7) is 0. The van der Waals surface area contributed by atoms with Gasteiger partial charge in [-0.25, -0.2) is 9.60 Å². The molecule has 0 aliphatic heterocycles. The van der Waals surface area contributed by atoms with Gasteiger partial charge in [0.25, 0.3) is 0 Å². The summed E-state index contributed by atoms with van der Waals surface area (Å²) in [6, 6.07) is 0. The molecule has 0 aromatic carbocycles. The monoisotopic (exact) mass is 156 g/mol. The predicted molar refractivity (Wildman–Crippen MR) is 25.6 cm³/mol. The van der Waals surface area contributed by atoms with Gasteiger partial charge in [-0.3, -0.25) is 10.1 Å². The summed E-state index contributed by atoms with van der Waals surface area (Å²) in [4.78, 5) is 14.4. The van der Waals surface area contributed by atoms with Crippen molar-refractivity contribution >= 4 is 13.5 Å². The predicted octanol–water partition coefficient (Wildman–Crippen LogP) is -1.40. The van der Waals surface area contributed by atoms with E-state index in [1.165, 1.54) is 0 Å². The highest BCUT2D eigenvalue weighted by Crippen LogP contribution is 1.60. The van der Waals surface area contributed by atoms with Crippen LogP contribution in [-0.2, 0) is 9.69 Å². The van der Waals surface area contributed by atoms with Gasteiger partial charge >= 0.3 is 13.5 Å². The lowest BCUT2D eigenvalue weighted by atomic mass is 10.3. The minimum Gasteiger partial charge on any atom is -0.448 e. The Morgan fingerprint density at radius 3 is 1.50 bits per heavy atom. The molecule has 0 amide bonds. The summed E-state index contributed by atoms with van der Waals surface area (Å²) in [6.07, 6.45) is -1.69. The maximum Gasteiger partial charge on any atom is 0.662 e. The minimum absolute atomic E-state index is 1.69. The zero-order valence-electron chi connectivity index (χ0n) is 4.54. The van der Waals surface area contributed by atoms with Crippen LogP contribution in [0.3, 0.4) is 0 Å². The topological polar surface area (TPSA) is 137 Å². The van der Waals surface area contributed by atoms with E-state index in [-0.39, 0.29) is 0 Å². The Balaban J connectivity index is 0. The van der Waals surface area contributed by atoms with Crippen LogP contribution >= 0.6 is 0 Å². The molecule has 0 aliphatic rings. The van der Waals surface area contributed by atoms with Crippen LogP contribution in [0.5, 0.6) is 0 Å². The van der Waals surface area contributed by atoms with Gasteiger partial charge in [0.1, 0.15) is 0 Å². The van der Waals surface area contributed by atoms with Crippen molar-refractivity contribution in [3.63, 3.8) is 0 Å². The molecule has 0 aliphatic carbocycles. The van der Waals surface area contributed by atoms with E-state index < -0.39 is 13.5 Å². The van der Waals surface area contributed by atoms with Gasteiger partial charge in [0.2, 0.25) is 0 Å². The molecule has 0 atom stereocenters. The highest BCUT2D eigenvalue weighted by atomic mass is 17.1. The fourth-order valence-electron chi connectivity index (χ4n) is 0. The standard InChI is InChI=1S/CH2O4.BH3O4/c2*2-1(3)5-4/h4H,(H,2,3);2-4H. The Bertz CT molecular complexity index is 79.3. The van der Waals surface area contributed by atoms with Crippen molar-refractivity contribution in [2.45, 2.75) is 0 Å². The molecule has 0 fully saturated rings. The second-order valence-corrected chi connectivity index (χ2v) is 0.789. The van der Waals surface area contributed by atoms with Crippen molar-refractivity contribution < 1.29 is 40.2 Å². The van der Waals surface area contributed by atoms with Crippen LogP contribution in [0.2, 0.25) is 0 Å². The summed E-state index contributed by atoms with van der Waals surface area (Å²) in [7, 11) is -2.06. The first-order valence-corrected chi connectivity index (χ1v) is 1.75. The smallest absolute Gasteiger partial charge is 0.448 e. The molecular formula is CH5BO8. The second-order valence-electron chi connectivity index (χ2n) is 0.789. The maximum absolute atomic E-state index is 8.90. The molecule has 0 aromatic rings. The van der Waals surface area contributed by atoms with E-state index >= 15 is 0 Å². The fourth-order valence-corrected chi connectivity index (χ4v) is 0. The van der Waals surface area contributed by atoms with Crippen LogP contribution in [0, 0.1) is 0 Å². The third kappa shape index (κ3) is 27.3. The van der Waals surface area contributed by atoms with Crippen molar-refractivity contribution in [2.75, 3.05) is 0 Å². The molecule has 0 saturated heterocycles. The van der Waals surface area contributed by atoms with Gasteiger partial charge < -0.3 is 15.2 Å². The largest absolute Gasteiger partial charge is 0.662 e. The van der Waals surface area contributed by atoms with Gasteiger partial charge in [0.15, 0.2) is 0 Å². The number of hydrogen-bond acceptors (Lipinski definition) is 7. The molecule has 0 bridgehead atoms. The summed E-state index contributed by atoms with van der Waals surface area (Å²) in [5.74, 6) is 0. The lowest BCUT2D eigenvalue weighted by Crippen LogP contribution is -2.13. The Hall–Kier alpha value is -0.865. The zero-order chi connectivity index (χ0) is 8.57. The molecule has 10 heavy (non-hydrogen) atoms. The van der Waals surface area contributed by atoms with Gasteiger partial charge in [0.05, 0.1) is 0 Å². The van der Waals surface area contributed by atoms with E-state index in [0.29, 0.717) is 0 Å². The van der Waals surface area contributed by atoms with Crippen molar-refractivity contribution in [1.82, 2.24) is 0 Å². The Labute approximate surface area is 54.9 Å². The molecule has 0 radical (unpaired) electrons. The van der Waals surface area contributed by atoms with E-state index in [1.807, 2.05) is 0 Å². The highest BCUT2D eigenvalue weighted by molar-refractivity contribution is 6.32. The van der Waals surface area contributed by atoms with Gasteiger partial charge in [-0.05, 0) is 0 Å². The van der Waals surface area contributed by atoms with Crippen LogP contribution in [-0.4, -0.2) is 39.1 Å². The van der Waals surface area contributed by atoms with E-state index in [2.05, 4.69) is 9.69 Å². The van der Waals surface area contributed by atoms with Crippen molar-refractivity contribution in [3.05, 3.63) is 0 Å². The average molecular weight is 156 g/mol. The molecule has 60 valence electrons. The molecule has 5 N–H and O–H groups in total. The molecule has 0 rings (SSSR count). The van der Waals surface area contributed by atoms with Crippen LogP contribution in [0.1, 0.15) is 0 Å². The summed E-state index contributed by atoms with van der Waals surface area (Å²) in [5.41, 5.74) is 0. The average Bonchev–Trinajstić information content (AvgIpc) is 1.89. The van der Waals surface area contributed by atoms with Crippen LogP contribution < -0.4 is 0 Å².